The summed E-state index contributed by atoms with van der Waals surface area (Å²) >= 11 is 0. The minimum absolute atomic E-state index is 0.242. The fourth-order valence-corrected chi connectivity index (χ4v) is 1.70. The summed E-state index contributed by atoms with van der Waals surface area (Å²) in [5.74, 6) is 4.80. The number of hydrazone groups is 1. The highest BCUT2D eigenvalue weighted by atomic mass is 19.4. The van der Waals surface area contributed by atoms with E-state index < -0.39 is 6.36 Å². The van der Waals surface area contributed by atoms with Crippen LogP contribution >= 0.6 is 0 Å². The molecule has 0 saturated heterocycles. The van der Waals surface area contributed by atoms with Crippen molar-refractivity contribution in [2.75, 3.05) is 0 Å². The average molecular weight is 280 g/mol. The van der Waals surface area contributed by atoms with Gasteiger partial charge in [-0.1, -0.05) is 36.4 Å². The maximum Gasteiger partial charge on any atom is 0.573 e. The van der Waals surface area contributed by atoms with E-state index in [4.69, 9.17) is 5.84 Å². The summed E-state index contributed by atoms with van der Waals surface area (Å²) in [5.41, 5.74) is 2.50. The summed E-state index contributed by atoms with van der Waals surface area (Å²) in [4.78, 5) is 0. The standard InChI is InChI=1S/C14H11F3N2O/c15-14(16,17)20-13-7-5-12(6-8-13)11-3-1-10(2-4-11)9-19-18/h1-9H,18H2. The van der Waals surface area contributed by atoms with Crippen LogP contribution in [0, 0.1) is 0 Å². The molecule has 0 aliphatic rings. The van der Waals surface area contributed by atoms with E-state index in [1.807, 2.05) is 24.3 Å². The third kappa shape index (κ3) is 3.74. The highest BCUT2D eigenvalue weighted by Gasteiger charge is 2.30. The lowest BCUT2D eigenvalue weighted by Gasteiger charge is -2.09. The lowest BCUT2D eigenvalue weighted by Crippen LogP contribution is -2.16. The van der Waals surface area contributed by atoms with E-state index in [2.05, 4.69) is 9.84 Å². The Morgan fingerprint density at radius 3 is 1.85 bits per heavy atom. The molecule has 0 amide bonds. The normalized spacial score (nSPS) is 11.8. The van der Waals surface area contributed by atoms with Crippen LogP contribution in [0.4, 0.5) is 13.2 Å². The summed E-state index contributed by atoms with van der Waals surface area (Å²) in [7, 11) is 0. The molecule has 6 heteroatoms. The number of hydrogen-bond acceptors (Lipinski definition) is 3. The van der Waals surface area contributed by atoms with Gasteiger partial charge in [-0.15, -0.1) is 13.2 Å². The predicted octanol–water partition coefficient (Wildman–Crippen LogP) is 3.54. The van der Waals surface area contributed by atoms with Gasteiger partial charge in [-0.05, 0) is 28.8 Å². The van der Waals surface area contributed by atoms with E-state index in [-0.39, 0.29) is 5.75 Å². The number of ether oxygens (including phenoxy) is 1. The molecule has 2 N–H and O–H groups in total. The number of halogens is 3. The second kappa shape index (κ2) is 5.64. The maximum atomic E-state index is 12.0. The first-order chi connectivity index (χ1) is 9.48. The summed E-state index contributed by atoms with van der Waals surface area (Å²) in [6.45, 7) is 0. The highest BCUT2D eigenvalue weighted by molar-refractivity contribution is 5.80. The molecule has 0 atom stereocenters. The van der Waals surface area contributed by atoms with Crippen LogP contribution in [-0.2, 0) is 0 Å². The Labute approximate surface area is 113 Å². The number of nitrogens with zero attached hydrogens (tertiary/aromatic N) is 1. The summed E-state index contributed by atoms with van der Waals surface area (Å²) in [5, 5.41) is 3.41. The zero-order valence-corrected chi connectivity index (χ0v) is 10.3. The minimum Gasteiger partial charge on any atom is -0.406 e. The van der Waals surface area contributed by atoms with Gasteiger partial charge in [-0.25, -0.2) is 0 Å². The molecule has 2 rings (SSSR count). The molecular weight excluding hydrogens is 269 g/mol. The number of hydrogen-bond donors (Lipinski definition) is 1. The minimum atomic E-state index is -4.68. The fraction of sp³-hybridized carbons (Fsp3) is 0.0714. The zero-order valence-electron chi connectivity index (χ0n) is 10.3. The van der Waals surface area contributed by atoms with Crippen LogP contribution in [0.15, 0.2) is 53.6 Å². The van der Waals surface area contributed by atoms with E-state index in [0.717, 1.165) is 16.7 Å². The summed E-state index contributed by atoms with van der Waals surface area (Å²) in [6.07, 6.45) is -3.17. The third-order valence-corrected chi connectivity index (χ3v) is 2.56. The van der Waals surface area contributed by atoms with Crippen molar-refractivity contribution in [1.29, 1.82) is 0 Å². The number of benzene rings is 2. The van der Waals surface area contributed by atoms with Crippen LogP contribution in [0.1, 0.15) is 5.56 Å². The molecule has 0 aliphatic carbocycles. The van der Waals surface area contributed by atoms with E-state index >= 15 is 0 Å². The van der Waals surface area contributed by atoms with E-state index in [1.54, 1.807) is 12.1 Å². The van der Waals surface area contributed by atoms with Gasteiger partial charge >= 0.3 is 6.36 Å². The second-order valence-electron chi connectivity index (χ2n) is 3.97. The zero-order chi connectivity index (χ0) is 14.6. The Morgan fingerprint density at radius 1 is 0.900 bits per heavy atom. The van der Waals surface area contributed by atoms with Gasteiger partial charge in [-0.3, -0.25) is 0 Å². The van der Waals surface area contributed by atoms with Gasteiger partial charge < -0.3 is 10.6 Å². The molecular formula is C14H11F3N2O. The Kier molecular flexibility index (Phi) is 3.93. The maximum absolute atomic E-state index is 12.0. The molecule has 0 spiro atoms. The highest BCUT2D eigenvalue weighted by Crippen LogP contribution is 2.26. The van der Waals surface area contributed by atoms with Crippen LogP contribution in [0.25, 0.3) is 11.1 Å². The fourth-order valence-electron chi connectivity index (χ4n) is 1.70. The molecule has 2 aromatic carbocycles. The van der Waals surface area contributed by atoms with Crippen molar-refractivity contribution in [3.63, 3.8) is 0 Å². The van der Waals surface area contributed by atoms with Crippen LogP contribution in [0.3, 0.4) is 0 Å². The van der Waals surface area contributed by atoms with Gasteiger partial charge in [0.15, 0.2) is 0 Å². The molecule has 0 aromatic heterocycles. The van der Waals surface area contributed by atoms with E-state index in [0.29, 0.717) is 0 Å². The quantitative estimate of drug-likeness (QED) is 0.531. The molecule has 0 heterocycles. The lowest BCUT2D eigenvalue weighted by atomic mass is 10.0. The number of nitrogens with two attached hydrogens (primary N) is 1. The van der Waals surface area contributed by atoms with Crippen molar-refractivity contribution in [3.8, 4) is 16.9 Å². The first-order valence-electron chi connectivity index (χ1n) is 5.67. The summed E-state index contributed by atoms with van der Waals surface area (Å²) in [6, 6.07) is 13.0. The molecule has 0 radical (unpaired) electrons. The van der Waals surface area contributed by atoms with Gasteiger partial charge in [-0.2, -0.15) is 5.10 Å². The number of rotatable bonds is 3. The molecule has 0 unspecified atom stereocenters. The van der Waals surface area contributed by atoms with Crippen molar-refractivity contribution >= 4 is 6.21 Å². The average Bonchev–Trinajstić information content (AvgIpc) is 2.39. The van der Waals surface area contributed by atoms with E-state index in [1.165, 1.54) is 18.3 Å². The molecule has 20 heavy (non-hydrogen) atoms. The number of alkyl halides is 3. The Balaban J connectivity index is 2.17. The van der Waals surface area contributed by atoms with Gasteiger partial charge in [0.2, 0.25) is 0 Å². The molecule has 0 saturated carbocycles. The first-order valence-corrected chi connectivity index (χ1v) is 5.67. The lowest BCUT2D eigenvalue weighted by molar-refractivity contribution is -0.274. The Morgan fingerprint density at radius 2 is 1.40 bits per heavy atom. The van der Waals surface area contributed by atoms with Crippen molar-refractivity contribution in [2.24, 2.45) is 10.9 Å². The monoisotopic (exact) mass is 280 g/mol. The molecule has 104 valence electrons. The third-order valence-electron chi connectivity index (χ3n) is 2.56. The van der Waals surface area contributed by atoms with Gasteiger partial charge in [0.1, 0.15) is 5.75 Å². The van der Waals surface area contributed by atoms with Gasteiger partial charge in [0.25, 0.3) is 0 Å². The topological polar surface area (TPSA) is 47.6 Å². The van der Waals surface area contributed by atoms with Gasteiger partial charge in [0, 0.05) is 0 Å². The molecule has 2 aromatic rings. The van der Waals surface area contributed by atoms with Crippen molar-refractivity contribution < 1.29 is 17.9 Å². The van der Waals surface area contributed by atoms with Crippen molar-refractivity contribution in [2.45, 2.75) is 6.36 Å². The predicted molar refractivity (Wildman–Crippen MR) is 70.3 cm³/mol. The molecule has 0 aliphatic heterocycles. The van der Waals surface area contributed by atoms with Crippen molar-refractivity contribution in [3.05, 3.63) is 54.1 Å². The smallest absolute Gasteiger partial charge is 0.406 e. The molecule has 0 fully saturated rings. The second-order valence-corrected chi connectivity index (χ2v) is 3.97. The SMILES string of the molecule is NN=Cc1ccc(-c2ccc(OC(F)(F)F)cc2)cc1. The molecule has 3 nitrogen and oxygen atoms in total. The first kappa shape index (κ1) is 13.9. The van der Waals surface area contributed by atoms with Crippen LogP contribution < -0.4 is 10.6 Å². The Hall–Kier alpha value is -2.50. The van der Waals surface area contributed by atoms with E-state index in [9.17, 15) is 13.2 Å². The van der Waals surface area contributed by atoms with Crippen molar-refractivity contribution in [1.82, 2.24) is 0 Å². The summed E-state index contributed by atoms with van der Waals surface area (Å²) < 4.78 is 39.9. The van der Waals surface area contributed by atoms with Crippen LogP contribution in [0.2, 0.25) is 0 Å². The molecule has 0 bridgehead atoms. The largest absolute Gasteiger partial charge is 0.573 e. The van der Waals surface area contributed by atoms with Crippen LogP contribution in [-0.4, -0.2) is 12.6 Å². The Bertz CT molecular complexity index is 589. The van der Waals surface area contributed by atoms with Gasteiger partial charge in [0.05, 0.1) is 6.21 Å². The van der Waals surface area contributed by atoms with Crippen LogP contribution in [0.5, 0.6) is 5.75 Å².